The smallest absolute Gasteiger partial charge is 0.411 e. The molecule has 0 aliphatic carbocycles. The Kier molecular flexibility index (Phi) is 5.00. The Hall–Kier alpha value is -1.61. The van der Waals surface area contributed by atoms with Crippen molar-refractivity contribution in [3.63, 3.8) is 0 Å². The van der Waals surface area contributed by atoms with Crippen molar-refractivity contribution in [2.45, 2.75) is 58.8 Å². The molecule has 0 saturated carbocycles. The van der Waals surface area contributed by atoms with Crippen LogP contribution in [-0.4, -0.2) is 47.2 Å². The molecule has 0 N–H and O–H groups in total. The summed E-state index contributed by atoms with van der Waals surface area (Å²) < 4.78 is 10.9. The summed E-state index contributed by atoms with van der Waals surface area (Å²) >= 11 is 0. The Morgan fingerprint density at radius 2 is 1.86 bits per heavy atom. The van der Waals surface area contributed by atoms with Crippen LogP contribution in [0.3, 0.4) is 0 Å². The second-order valence-corrected chi connectivity index (χ2v) is 7.16. The maximum atomic E-state index is 12.2. The summed E-state index contributed by atoms with van der Waals surface area (Å²) in [6.07, 6.45) is -0.587. The van der Waals surface area contributed by atoms with Crippen molar-refractivity contribution >= 4 is 11.9 Å². The predicted molar refractivity (Wildman–Crippen MR) is 76.5 cm³/mol. The molecule has 21 heavy (non-hydrogen) atoms. The number of ether oxygens (including phenoxy) is 2. The van der Waals surface area contributed by atoms with Crippen LogP contribution in [0.2, 0.25) is 0 Å². The number of rotatable bonds is 2. The first kappa shape index (κ1) is 17.4. The number of nitriles is 1. The maximum Gasteiger partial charge on any atom is 0.411 e. The molecular weight excluding hydrogens is 272 g/mol. The molecule has 1 fully saturated rings. The Bertz CT molecular complexity index is 454. The highest BCUT2D eigenvalue weighted by atomic mass is 16.6. The van der Waals surface area contributed by atoms with Crippen molar-refractivity contribution in [1.82, 2.24) is 4.90 Å². The summed E-state index contributed by atoms with van der Waals surface area (Å²) in [5.74, 6) is -1.10. The minimum atomic E-state index is -0.814. The SMILES string of the molecule is CC(C)(C)OCC1C(=O)C(C#N)CN1C(=O)OC(C)(C)C. The molecule has 1 saturated heterocycles. The van der Waals surface area contributed by atoms with E-state index in [1.807, 2.05) is 26.8 Å². The quantitative estimate of drug-likeness (QED) is 0.780. The lowest BCUT2D eigenvalue weighted by atomic mass is 10.1. The molecule has 0 aromatic carbocycles. The first-order valence-electron chi connectivity index (χ1n) is 7.01. The molecule has 1 aliphatic heterocycles. The largest absolute Gasteiger partial charge is 0.444 e. The molecule has 0 aromatic heterocycles. The van der Waals surface area contributed by atoms with E-state index in [4.69, 9.17) is 14.7 Å². The monoisotopic (exact) mass is 296 g/mol. The van der Waals surface area contributed by atoms with Crippen LogP contribution in [-0.2, 0) is 14.3 Å². The highest BCUT2D eigenvalue weighted by molar-refractivity contribution is 5.94. The molecule has 118 valence electrons. The Balaban J connectivity index is 2.86. The lowest BCUT2D eigenvalue weighted by molar-refractivity contribution is -0.125. The molecule has 1 amide bonds. The average molecular weight is 296 g/mol. The second-order valence-electron chi connectivity index (χ2n) is 7.16. The molecule has 2 unspecified atom stereocenters. The number of nitrogens with zero attached hydrogens (tertiary/aromatic N) is 2. The molecular formula is C15H24N2O4. The van der Waals surface area contributed by atoms with Gasteiger partial charge >= 0.3 is 6.09 Å². The van der Waals surface area contributed by atoms with Crippen LogP contribution in [0, 0.1) is 17.2 Å². The summed E-state index contributed by atoms with van der Waals surface area (Å²) in [5, 5.41) is 9.02. The minimum absolute atomic E-state index is 0.0580. The number of likely N-dealkylation sites (tertiary alicyclic amines) is 1. The second kappa shape index (κ2) is 6.02. The number of ketones is 1. The highest BCUT2D eigenvalue weighted by Crippen LogP contribution is 2.24. The van der Waals surface area contributed by atoms with E-state index in [2.05, 4.69) is 0 Å². The zero-order valence-corrected chi connectivity index (χ0v) is 13.6. The van der Waals surface area contributed by atoms with E-state index in [9.17, 15) is 9.59 Å². The zero-order chi connectivity index (χ0) is 16.4. The van der Waals surface area contributed by atoms with E-state index < -0.39 is 29.3 Å². The Morgan fingerprint density at radius 1 is 1.29 bits per heavy atom. The first-order chi connectivity index (χ1) is 9.44. The number of carbonyl (C=O) groups is 2. The number of carbonyl (C=O) groups excluding carboxylic acids is 2. The molecule has 6 heteroatoms. The van der Waals surface area contributed by atoms with Gasteiger partial charge in [0.25, 0.3) is 0 Å². The molecule has 1 heterocycles. The topological polar surface area (TPSA) is 79.6 Å². The van der Waals surface area contributed by atoms with E-state index in [1.54, 1.807) is 20.8 Å². The molecule has 6 nitrogen and oxygen atoms in total. The fourth-order valence-electron chi connectivity index (χ4n) is 1.93. The van der Waals surface area contributed by atoms with E-state index in [0.29, 0.717) is 0 Å². The highest BCUT2D eigenvalue weighted by Gasteiger charge is 2.45. The Morgan fingerprint density at radius 3 is 2.29 bits per heavy atom. The van der Waals surface area contributed by atoms with Crippen LogP contribution in [0.15, 0.2) is 0 Å². The van der Waals surface area contributed by atoms with Gasteiger partial charge in [0.15, 0.2) is 5.78 Å². The van der Waals surface area contributed by atoms with Crippen LogP contribution in [0.4, 0.5) is 4.79 Å². The van der Waals surface area contributed by atoms with Gasteiger partial charge in [0.2, 0.25) is 0 Å². The van der Waals surface area contributed by atoms with Gasteiger partial charge in [-0.1, -0.05) is 0 Å². The number of hydrogen-bond acceptors (Lipinski definition) is 5. The van der Waals surface area contributed by atoms with Gasteiger partial charge in [-0.3, -0.25) is 9.69 Å². The third-order valence-corrected chi connectivity index (χ3v) is 2.89. The molecule has 0 bridgehead atoms. The summed E-state index contributed by atoms with van der Waals surface area (Å²) in [6.45, 7) is 11.0. The Labute approximate surface area is 126 Å². The molecule has 0 spiro atoms. The van der Waals surface area contributed by atoms with Crippen molar-refractivity contribution in [2.24, 2.45) is 5.92 Å². The molecule has 1 aliphatic rings. The molecule has 2 atom stereocenters. The third-order valence-electron chi connectivity index (χ3n) is 2.89. The van der Waals surface area contributed by atoms with Crippen LogP contribution in [0.25, 0.3) is 0 Å². The van der Waals surface area contributed by atoms with Crippen molar-refractivity contribution in [1.29, 1.82) is 5.26 Å². The van der Waals surface area contributed by atoms with Gasteiger partial charge in [-0.2, -0.15) is 5.26 Å². The van der Waals surface area contributed by atoms with Gasteiger partial charge in [0.1, 0.15) is 17.6 Å². The fraction of sp³-hybridized carbons (Fsp3) is 0.800. The summed E-state index contributed by atoms with van der Waals surface area (Å²) in [4.78, 5) is 25.7. The van der Waals surface area contributed by atoms with Gasteiger partial charge < -0.3 is 9.47 Å². The van der Waals surface area contributed by atoms with Crippen LogP contribution in [0.5, 0.6) is 0 Å². The fourth-order valence-corrected chi connectivity index (χ4v) is 1.93. The van der Waals surface area contributed by atoms with Crippen LogP contribution in [0.1, 0.15) is 41.5 Å². The average Bonchev–Trinajstić information content (AvgIpc) is 2.60. The number of Topliss-reactive ketones (excluding diaryl/α,β-unsaturated/α-hetero) is 1. The van der Waals surface area contributed by atoms with Gasteiger partial charge in [0, 0.05) is 6.54 Å². The lowest BCUT2D eigenvalue weighted by Crippen LogP contribution is -2.45. The van der Waals surface area contributed by atoms with E-state index in [0.717, 1.165) is 0 Å². The van der Waals surface area contributed by atoms with Gasteiger partial charge in [-0.05, 0) is 41.5 Å². The summed E-state index contributed by atoms with van der Waals surface area (Å²) in [7, 11) is 0. The van der Waals surface area contributed by atoms with Crippen molar-refractivity contribution in [3.05, 3.63) is 0 Å². The van der Waals surface area contributed by atoms with E-state index >= 15 is 0 Å². The zero-order valence-electron chi connectivity index (χ0n) is 13.6. The number of amides is 1. The predicted octanol–water partition coefficient (Wildman–Crippen LogP) is 2.13. The van der Waals surface area contributed by atoms with Crippen LogP contribution < -0.4 is 0 Å². The summed E-state index contributed by atoms with van der Waals surface area (Å²) in [5.41, 5.74) is -1.08. The third kappa shape index (κ3) is 5.01. The number of hydrogen-bond donors (Lipinski definition) is 0. The van der Waals surface area contributed by atoms with E-state index in [1.165, 1.54) is 4.90 Å². The summed E-state index contributed by atoms with van der Waals surface area (Å²) in [6, 6.07) is 1.17. The van der Waals surface area contributed by atoms with E-state index in [-0.39, 0.29) is 18.9 Å². The molecule has 0 aromatic rings. The van der Waals surface area contributed by atoms with Crippen molar-refractivity contribution in [3.8, 4) is 6.07 Å². The van der Waals surface area contributed by atoms with Crippen LogP contribution >= 0.6 is 0 Å². The maximum absolute atomic E-state index is 12.2. The minimum Gasteiger partial charge on any atom is -0.444 e. The molecule has 1 rings (SSSR count). The standard InChI is InChI=1S/C15H24N2O4/c1-14(2,3)20-9-11-12(18)10(7-16)8-17(11)13(19)21-15(4,5)6/h10-11H,8-9H2,1-6H3. The first-order valence-corrected chi connectivity index (χ1v) is 7.01. The van der Waals surface area contributed by atoms with Gasteiger partial charge in [-0.15, -0.1) is 0 Å². The lowest BCUT2D eigenvalue weighted by Gasteiger charge is -2.29. The van der Waals surface area contributed by atoms with Gasteiger partial charge in [-0.25, -0.2) is 4.79 Å². The molecule has 0 radical (unpaired) electrons. The van der Waals surface area contributed by atoms with Gasteiger partial charge in [0.05, 0.1) is 18.3 Å². The normalized spacial score (nSPS) is 23.1. The van der Waals surface area contributed by atoms with Crippen molar-refractivity contribution in [2.75, 3.05) is 13.2 Å². The van der Waals surface area contributed by atoms with Crippen molar-refractivity contribution < 1.29 is 19.1 Å².